The molecule has 9 heteroatoms. The number of aromatic nitrogens is 3. The Labute approximate surface area is 106 Å². The van der Waals surface area contributed by atoms with Gasteiger partial charge in [0, 0.05) is 0 Å². The predicted molar refractivity (Wildman–Crippen MR) is 59.9 cm³/mol. The van der Waals surface area contributed by atoms with E-state index in [0.29, 0.717) is 0 Å². The fraction of sp³-hybridized carbons (Fsp3) is 0.500. The predicted octanol–water partition coefficient (Wildman–Crippen LogP) is -3.45. The summed E-state index contributed by atoms with van der Waals surface area (Å²) in [7, 11) is 0. The van der Waals surface area contributed by atoms with Crippen LogP contribution in [-0.4, -0.2) is 54.3 Å². The van der Waals surface area contributed by atoms with Gasteiger partial charge in [-0.25, -0.2) is 9.59 Å². The SMILES string of the molecule is C#C[C@@]1(O)C(O)[C@@H](CO)O[C@H]1n1cnc(=O)[nH]c1=O. The van der Waals surface area contributed by atoms with E-state index >= 15 is 0 Å². The van der Waals surface area contributed by atoms with Crippen LogP contribution in [0.3, 0.4) is 0 Å². The molecule has 1 unspecified atom stereocenters. The molecular formula is C10H11N3O6. The number of nitrogens with zero attached hydrogens (tertiary/aromatic N) is 2. The van der Waals surface area contributed by atoms with E-state index in [9.17, 15) is 19.8 Å². The fourth-order valence-corrected chi connectivity index (χ4v) is 1.87. The summed E-state index contributed by atoms with van der Waals surface area (Å²) in [6.45, 7) is -0.604. The van der Waals surface area contributed by atoms with Gasteiger partial charge in [-0.15, -0.1) is 6.42 Å². The van der Waals surface area contributed by atoms with E-state index in [1.165, 1.54) is 0 Å². The number of H-pyrrole nitrogens is 1. The maximum absolute atomic E-state index is 11.6. The van der Waals surface area contributed by atoms with E-state index in [1.54, 1.807) is 0 Å². The molecule has 1 aromatic rings. The standard InChI is InChI=1S/C10H11N3O6/c1-2-10(18)6(15)5(3-14)19-7(10)13-4-11-8(16)12-9(13)17/h1,4-7,14-15,18H,3H2,(H,12,16,17)/t5-,6?,7-,10-/m1/s1. The largest absolute Gasteiger partial charge is 0.394 e. The van der Waals surface area contributed by atoms with Gasteiger partial charge < -0.3 is 20.1 Å². The van der Waals surface area contributed by atoms with Crippen molar-refractivity contribution in [2.75, 3.05) is 6.61 Å². The molecule has 1 aromatic heterocycles. The van der Waals surface area contributed by atoms with Gasteiger partial charge in [-0.3, -0.25) is 9.55 Å². The highest BCUT2D eigenvalue weighted by molar-refractivity contribution is 5.19. The molecule has 0 amide bonds. The van der Waals surface area contributed by atoms with Crippen LogP contribution >= 0.6 is 0 Å². The quantitative estimate of drug-likeness (QED) is 0.409. The molecule has 9 nitrogen and oxygen atoms in total. The zero-order valence-corrected chi connectivity index (χ0v) is 9.55. The number of aliphatic hydroxyl groups is 3. The number of hydrogen-bond acceptors (Lipinski definition) is 7. The lowest BCUT2D eigenvalue weighted by molar-refractivity contribution is -0.0770. The summed E-state index contributed by atoms with van der Waals surface area (Å²) >= 11 is 0. The van der Waals surface area contributed by atoms with Crippen LogP contribution in [0.25, 0.3) is 0 Å². The second-order valence-electron chi connectivity index (χ2n) is 4.01. The molecular weight excluding hydrogens is 258 g/mol. The van der Waals surface area contributed by atoms with Crippen LogP contribution in [-0.2, 0) is 4.74 Å². The van der Waals surface area contributed by atoms with Gasteiger partial charge in [0.2, 0.25) is 0 Å². The molecule has 19 heavy (non-hydrogen) atoms. The first kappa shape index (κ1) is 13.4. The van der Waals surface area contributed by atoms with Gasteiger partial charge in [0.25, 0.3) is 0 Å². The molecule has 0 aliphatic carbocycles. The minimum atomic E-state index is -2.23. The summed E-state index contributed by atoms with van der Waals surface area (Å²) in [5.74, 6) is 1.93. The summed E-state index contributed by atoms with van der Waals surface area (Å²) in [5.41, 5.74) is -4.01. The number of aliphatic hydroxyl groups excluding tert-OH is 2. The fourth-order valence-electron chi connectivity index (χ4n) is 1.87. The minimum absolute atomic E-state index is 0.604. The highest BCUT2D eigenvalue weighted by atomic mass is 16.6. The van der Waals surface area contributed by atoms with E-state index in [0.717, 1.165) is 10.9 Å². The van der Waals surface area contributed by atoms with Crippen molar-refractivity contribution in [3.63, 3.8) is 0 Å². The van der Waals surface area contributed by atoms with Crippen LogP contribution in [0.15, 0.2) is 15.9 Å². The lowest BCUT2D eigenvalue weighted by Crippen LogP contribution is -2.48. The van der Waals surface area contributed by atoms with Crippen molar-refractivity contribution in [3.05, 3.63) is 27.3 Å². The highest BCUT2D eigenvalue weighted by Crippen LogP contribution is 2.36. The van der Waals surface area contributed by atoms with Crippen molar-refractivity contribution in [2.24, 2.45) is 0 Å². The first-order valence-corrected chi connectivity index (χ1v) is 5.26. The van der Waals surface area contributed by atoms with Crippen LogP contribution < -0.4 is 11.4 Å². The van der Waals surface area contributed by atoms with Crippen molar-refractivity contribution in [1.29, 1.82) is 0 Å². The Morgan fingerprint density at radius 1 is 1.63 bits per heavy atom. The Balaban J connectivity index is 2.52. The van der Waals surface area contributed by atoms with Gasteiger partial charge in [-0.2, -0.15) is 4.98 Å². The second kappa shape index (κ2) is 4.60. The van der Waals surface area contributed by atoms with Crippen LogP contribution in [0.1, 0.15) is 6.23 Å². The molecule has 2 rings (SSSR count). The normalized spacial score (nSPS) is 34.1. The Kier molecular flexibility index (Phi) is 3.25. The molecule has 2 heterocycles. The Hall–Kier alpha value is -1.99. The molecule has 0 spiro atoms. The summed E-state index contributed by atoms with van der Waals surface area (Å²) < 4.78 is 5.88. The van der Waals surface area contributed by atoms with Crippen molar-refractivity contribution >= 4 is 0 Å². The average Bonchev–Trinajstić information content (AvgIpc) is 2.63. The number of terminal acetylenes is 1. The number of rotatable bonds is 2. The maximum atomic E-state index is 11.6. The number of hydrogen-bond donors (Lipinski definition) is 4. The molecule has 102 valence electrons. The van der Waals surface area contributed by atoms with Crippen LogP contribution in [0.2, 0.25) is 0 Å². The third-order valence-electron chi connectivity index (χ3n) is 2.89. The zero-order valence-electron chi connectivity index (χ0n) is 9.55. The molecule has 4 atom stereocenters. The summed E-state index contributed by atoms with van der Waals surface area (Å²) in [5, 5.41) is 29.0. The van der Waals surface area contributed by atoms with E-state index in [-0.39, 0.29) is 0 Å². The average molecular weight is 269 g/mol. The highest BCUT2D eigenvalue weighted by Gasteiger charge is 2.55. The Morgan fingerprint density at radius 2 is 2.32 bits per heavy atom. The molecule has 0 aromatic carbocycles. The van der Waals surface area contributed by atoms with Crippen LogP contribution in [0, 0.1) is 12.3 Å². The number of nitrogens with one attached hydrogen (secondary N) is 1. The molecule has 1 aliphatic rings. The van der Waals surface area contributed by atoms with E-state index in [4.69, 9.17) is 16.3 Å². The molecule has 1 aliphatic heterocycles. The third-order valence-corrected chi connectivity index (χ3v) is 2.89. The molecule has 0 saturated carbocycles. The molecule has 0 bridgehead atoms. The number of ether oxygens (including phenoxy) is 1. The van der Waals surface area contributed by atoms with Crippen molar-refractivity contribution < 1.29 is 20.1 Å². The lowest BCUT2D eigenvalue weighted by atomic mass is 9.95. The first-order valence-electron chi connectivity index (χ1n) is 5.26. The van der Waals surface area contributed by atoms with Gasteiger partial charge in [0.15, 0.2) is 11.8 Å². The van der Waals surface area contributed by atoms with Gasteiger partial charge in [0.1, 0.15) is 18.5 Å². The minimum Gasteiger partial charge on any atom is -0.394 e. The first-order chi connectivity index (χ1) is 8.93. The van der Waals surface area contributed by atoms with E-state index < -0.39 is 42.0 Å². The lowest BCUT2D eigenvalue weighted by Gasteiger charge is -2.25. The van der Waals surface area contributed by atoms with E-state index in [2.05, 4.69) is 4.98 Å². The summed E-state index contributed by atoms with van der Waals surface area (Å²) in [4.78, 5) is 27.6. The molecule has 0 radical (unpaired) electrons. The smallest absolute Gasteiger partial charge is 0.350 e. The third kappa shape index (κ3) is 1.96. The van der Waals surface area contributed by atoms with Crippen molar-refractivity contribution in [3.8, 4) is 12.3 Å². The second-order valence-corrected chi connectivity index (χ2v) is 4.01. The Bertz CT molecular complexity index is 631. The summed E-state index contributed by atoms with van der Waals surface area (Å²) in [6, 6.07) is 0. The van der Waals surface area contributed by atoms with Crippen molar-refractivity contribution in [1.82, 2.24) is 14.5 Å². The topological polar surface area (TPSA) is 138 Å². The van der Waals surface area contributed by atoms with Gasteiger partial charge in [-0.1, -0.05) is 5.92 Å². The molecule has 4 N–H and O–H groups in total. The molecule has 1 saturated heterocycles. The maximum Gasteiger partial charge on any atom is 0.350 e. The van der Waals surface area contributed by atoms with Gasteiger partial charge in [0.05, 0.1) is 6.61 Å². The van der Waals surface area contributed by atoms with Crippen molar-refractivity contribution in [2.45, 2.75) is 24.0 Å². The van der Waals surface area contributed by atoms with Gasteiger partial charge in [-0.05, 0) is 0 Å². The molecule has 1 fully saturated rings. The van der Waals surface area contributed by atoms with Crippen LogP contribution in [0.4, 0.5) is 0 Å². The monoisotopic (exact) mass is 269 g/mol. The van der Waals surface area contributed by atoms with E-state index in [1.807, 2.05) is 10.9 Å². The number of aromatic amines is 1. The Morgan fingerprint density at radius 3 is 2.84 bits per heavy atom. The van der Waals surface area contributed by atoms with Gasteiger partial charge >= 0.3 is 11.4 Å². The summed E-state index contributed by atoms with van der Waals surface area (Å²) in [6.07, 6.45) is 1.76. The zero-order chi connectivity index (χ0) is 14.2. The van der Waals surface area contributed by atoms with Crippen LogP contribution in [0.5, 0.6) is 0 Å².